The average Bonchev–Trinajstić information content (AvgIpc) is 3.15. The van der Waals surface area contributed by atoms with Crippen LogP contribution in [0.4, 0.5) is 17.2 Å². The fourth-order valence-electron chi connectivity index (χ4n) is 3.19. The SMILES string of the molecule is Cc1cc([N+](=O)[O-])ccc1NC(=O)c1cnn2c(NC(C)(C)C)c(C(C)(C)C)[nH]c12. The molecular formula is C21H28N6O3. The Balaban J connectivity index is 2.01. The zero-order chi connectivity index (χ0) is 22.4. The Morgan fingerprint density at radius 3 is 2.40 bits per heavy atom. The van der Waals surface area contributed by atoms with Gasteiger partial charge in [-0.05, 0) is 39.3 Å². The number of hydrogen-bond donors (Lipinski definition) is 3. The maximum atomic E-state index is 13.0. The zero-order valence-corrected chi connectivity index (χ0v) is 18.4. The molecule has 1 amide bonds. The molecule has 9 nitrogen and oxygen atoms in total. The van der Waals surface area contributed by atoms with E-state index in [1.165, 1.54) is 24.4 Å². The van der Waals surface area contributed by atoms with Gasteiger partial charge in [0.25, 0.3) is 11.6 Å². The molecule has 3 rings (SSSR count). The van der Waals surface area contributed by atoms with Crippen molar-refractivity contribution in [3.63, 3.8) is 0 Å². The van der Waals surface area contributed by atoms with Crippen LogP contribution in [0, 0.1) is 17.0 Å². The molecule has 160 valence electrons. The molecule has 0 unspecified atom stereocenters. The fourth-order valence-corrected chi connectivity index (χ4v) is 3.19. The molecule has 3 N–H and O–H groups in total. The highest BCUT2D eigenvalue weighted by Crippen LogP contribution is 2.32. The highest BCUT2D eigenvalue weighted by atomic mass is 16.6. The van der Waals surface area contributed by atoms with Crippen LogP contribution in [0.25, 0.3) is 5.65 Å². The summed E-state index contributed by atoms with van der Waals surface area (Å²) in [6.45, 7) is 14.2. The van der Waals surface area contributed by atoms with Gasteiger partial charge in [0.05, 0.1) is 16.8 Å². The van der Waals surface area contributed by atoms with E-state index in [1.54, 1.807) is 11.4 Å². The monoisotopic (exact) mass is 412 g/mol. The summed E-state index contributed by atoms with van der Waals surface area (Å²) in [6.07, 6.45) is 1.52. The van der Waals surface area contributed by atoms with E-state index in [0.717, 1.165) is 11.5 Å². The van der Waals surface area contributed by atoms with Crippen molar-refractivity contribution >= 4 is 28.7 Å². The summed E-state index contributed by atoms with van der Waals surface area (Å²) in [5.41, 5.74) is 2.63. The number of aromatic amines is 1. The summed E-state index contributed by atoms with van der Waals surface area (Å²) in [5, 5.41) is 21.7. The van der Waals surface area contributed by atoms with Crippen LogP contribution < -0.4 is 10.6 Å². The Bertz CT molecular complexity index is 1130. The number of hydrogen-bond acceptors (Lipinski definition) is 5. The third-order valence-electron chi connectivity index (χ3n) is 4.62. The molecule has 0 aliphatic rings. The number of carbonyl (C=O) groups is 1. The Morgan fingerprint density at radius 2 is 1.87 bits per heavy atom. The first kappa shape index (κ1) is 21.4. The standard InChI is InChI=1S/C21H28N6O3/c1-12-10-13(27(29)30)8-9-15(12)23-19(28)14-11-22-26-17(14)24-16(20(2,3)4)18(26)25-21(5,6)7/h8-11,24-25H,1-7H3,(H,23,28). The van der Waals surface area contributed by atoms with Crippen LogP contribution in [0.1, 0.15) is 63.2 Å². The largest absolute Gasteiger partial charge is 0.364 e. The number of rotatable bonds is 4. The van der Waals surface area contributed by atoms with Crippen LogP contribution in [-0.2, 0) is 5.41 Å². The maximum Gasteiger partial charge on any atom is 0.269 e. The van der Waals surface area contributed by atoms with Gasteiger partial charge in [0.2, 0.25) is 0 Å². The quantitative estimate of drug-likeness (QED) is 0.426. The molecule has 2 heterocycles. The van der Waals surface area contributed by atoms with E-state index in [4.69, 9.17) is 0 Å². The Morgan fingerprint density at radius 1 is 1.20 bits per heavy atom. The zero-order valence-electron chi connectivity index (χ0n) is 18.4. The third kappa shape index (κ3) is 4.14. The van der Waals surface area contributed by atoms with Gasteiger partial charge >= 0.3 is 0 Å². The molecule has 0 spiro atoms. The van der Waals surface area contributed by atoms with Gasteiger partial charge in [0.15, 0.2) is 0 Å². The van der Waals surface area contributed by atoms with Crippen molar-refractivity contribution in [1.82, 2.24) is 14.6 Å². The minimum absolute atomic E-state index is 0.0180. The third-order valence-corrected chi connectivity index (χ3v) is 4.62. The van der Waals surface area contributed by atoms with Crippen molar-refractivity contribution in [2.24, 2.45) is 0 Å². The van der Waals surface area contributed by atoms with Gasteiger partial charge in [0, 0.05) is 28.8 Å². The molecule has 2 aromatic heterocycles. The normalized spacial score (nSPS) is 12.2. The summed E-state index contributed by atoms with van der Waals surface area (Å²) in [5.74, 6) is 0.474. The first-order valence-electron chi connectivity index (χ1n) is 9.73. The molecule has 0 fully saturated rings. The van der Waals surface area contributed by atoms with E-state index < -0.39 is 4.92 Å². The number of non-ortho nitro benzene ring substituents is 1. The number of nitrogens with one attached hydrogen (secondary N) is 3. The summed E-state index contributed by atoms with van der Waals surface area (Å²) in [7, 11) is 0. The van der Waals surface area contributed by atoms with E-state index in [9.17, 15) is 14.9 Å². The van der Waals surface area contributed by atoms with Gasteiger partial charge < -0.3 is 15.6 Å². The topological polar surface area (TPSA) is 117 Å². The predicted molar refractivity (Wildman–Crippen MR) is 117 cm³/mol. The van der Waals surface area contributed by atoms with Crippen molar-refractivity contribution in [2.75, 3.05) is 10.6 Å². The van der Waals surface area contributed by atoms with Gasteiger partial charge in [-0.1, -0.05) is 20.8 Å². The molecule has 3 aromatic rings. The molecule has 0 radical (unpaired) electrons. The van der Waals surface area contributed by atoms with Crippen LogP contribution in [0.15, 0.2) is 24.4 Å². The van der Waals surface area contributed by atoms with Crippen molar-refractivity contribution in [1.29, 1.82) is 0 Å². The fraction of sp³-hybridized carbons (Fsp3) is 0.429. The number of nitro benzene ring substituents is 1. The minimum Gasteiger partial charge on any atom is -0.364 e. The van der Waals surface area contributed by atoms with E-state index >= 15 is 0 Å². The van der Waals surface area contributed by atoms with Gasteiger partial charge in [-0.25, -0.2) is 0 Å². The second kappa shape index (κ2) is 7.16. The van der Waals surface area contributed by atoms with Gasteiger partial charge in [0.1, 0.15) is 17.0 Å². The van der Waals surface area contributed by atoms with Crippen molar-refractivity contribution in [3.8, 4) is 0 Å². The summed E-state index contributed by atoms with van der Waals surface area (Å²) >= 11 is 0. The number of carbonyl (C=O) groups excluding carboxylic acids is 1. The Labute approximate surface area is 175 Å². The number of nitrogens with zero attached hydrogens (tertiary/aromatic N) is 3. The van der Waals surface area contributed by atoms with E-state index in [-0.39, 0.29) is 22.5 Å². The molecule has 0 atom stereocenters. The van der Waals surface area contributed by atoms with Crippen molar-refractivity contribution in [3.05, 3.63) is 51.3 Å². The lowest BCUT2D eigenvalue weighted by Gasteiger charge is -2.25. The number of anilines is 2. The molecule has 0 aliphatic heterocycles. The van der Waals surface area contributed by atoms with E-state index in [0.29, 0.717) is 22.5 Å². The van der Waals surface area contributed by atoms with Crippen molar-refractivity contribution < 1.29 is 9.72 Å². The lowest BCUT2D eigenvalue weighted by atomic mass is 9.91. The molecule has 0 bridgehead atoms. The number of H-pyrrole nitrogens is 1. The number of aromatic nitrogens is 3. The summed E-state index contributed by atoms with van der Waals surface area (Å²) < 4.78 is 1.71. The van der Waals surface area contributed by atoms with E-state index in [2.05, 4.69) is 62.3 Å². The van der Waals surface area contributed by atoms with Gasteiger partial charge in [-0.2, -0.15) is 9.61 Å². The Kier molecular flexibility index (Phi) is 5.09. The second-order valence-electron chi connectivity index (χ2n) is 9.50. The molecule has 1 aromatic carbocycles. The predicted octanol–water partition coefficient (Wildman–Crippen LogP) is 4.64. The second-order valence-corrected chi connectivity index (χ2v) is 9.50. The number of amides is 1. The molecule has 0 aliphatic carbocycles. The average molecular weight is 412 g/mol. The van der Waals surface area contributed by atoms with Gasteiger partial charge in [-0.3, -0.25) is 14.9 Å². The van der Waals surface area contributed by atoms with Crippen LogP contribution in [0.3, 0.4) is 0 Å². The molecular weight excluding hydrogens is 384 g/mol. The van der Waals surface area contributed by atoms with Crippen molar-refractivity contribution in [2.45, 2.75) is 59.4 Å². The number of imidazole rings is 1. The summed E-state index contributed by atoms with van der Waals surface area (Å²) in [6, 6.07) is 4.34. The highest BCUT2D eigenvalue weighted by Gasteiger charge is 2.28. The number of aryl methyl sites for hydroxylation is 1. The lowest BCUT2D eigenvalue weighted by Crippen LogP contribution is -2.29. The van der Waals surface area contributed by atoms with Crippen LogP contribution in [0.2, 0.25) is 0 Å². The van der Waals surface area contributed by atoms with Crippen LogP contribution in [-0.4, -0.2) is 31.0 Å². The minimum atomic E-state index is -0.462. The first-order valence-corrected chi connectivity index (χ1v) is 9.73. The first-order chi connectivity index (χ1) is 13.8. The molecule has 30 heavy (non-hydrogen) atoms. The molecule has 0 saturated heterocycles. The highest BCUT2D eigenvalue weighted by molar-refractivity contribution is 6.08. The van der Waals surface area contributed by atoms with E-state index in [1.807, 2.05) is 0 Å². The van der Waals surface area contributed by atoms with Crippen LogP contribution in [0.5, 0.6) is 0 Å². The number of nitro groups is 1. The molecule has 9 heteroatoms. The summed E-state index contributed by atoms with van der Waals surface area (Å²) in [4.78, 5) is 26.8. The smallest absolute Gasteiger partial charge is 0.269 e. The van der Waals surface area contributed by atoms with Gasteiger partial charge in [-0.15, -0.1) is 0 Å². The number of benzene rings is 1. The number of fused-ring (bicyclic) bond motifs is 1. The molecule has 0 saturated carbocycles. The Hall–Kier alpha value is -3.36. The van der Waals surface area contributed by atoms with Crippen LogP contribution >= 0.6 is 0 Å². The lowest BCUT2D eigenvalue weighted by molar-refractivity contribution is -0.384. The maximum absolute atomic E-state index is 13.0.